The molecule has 0 aliphatic heterocycles. The number of alkyl halides is 6. The van der Waals surface area contributed by atoms with Crippen molar-refractivity contribution in [3.63, 3.8) is 0 Å². The lowest BCUT2D eigenvalue weighted by Gasteiger charge is -2.18. The highest BCUT2D eigenvalue weighted by Gasteiger charge is 2.38. The van der Waals surface area contributed by atoms with Crippen molar-refractivity contribution in [1.29, 1.82) is 0 Å². The van der Waals surface area contributed by atoms with Crippen molar-refractivity contribution in [3.05, 3.63) is 46.6 Å². The van der Waals surface area contributed by atoms with Gasteiger partial charge in [0.05, 0.1) is 7.11 Å². The van der Waals surface area contributed by atoms with E-state index in [1.54, 1.807) is 0 Å². The first-order valence-electron chi connectivity index (χ1n) is 9.13. The maximum atomic E-state index is 12.4. The Morgan fingerprint density at radius 3 is 1.72 bits per heavy atom. The maximum absolute atomic E-state index is 12.4. The predicted molar refractivity (Wildman–Crippen MR) is 108 cm³/mol. The van der Waals surface area contributed by atoms with Crippen LogP contribution in [0.25, 0.3) is 0 Å². The van der Waals surface area contributed by atoms with E-state index >= 15 is 0 Å². The highest BCUT2D eigenvalue weighted by Crippen LogP contribution is 2.30. The van der Waals surface area contributed by atoms with E-state index in [9.17, 15) is 40.3 Å². The molecule has 2 heterocycles. The van der Waals surface area contributed by atoms with Gasteiger partial charge in [-0.3, -0.25) is 0 Å². The van der Waals surface area contributed by atoms with Gasteiger partial charge in [-0.25, -0.2) is 23.9 Å². The van der Waals surface area contributed by atoms with E-state index in [0.29, 0.717) is 6.92 Å². The Morgan fingerprint density at radius 1 is 0.917 bits per heavy atom. The molecule has 2 rings (SSSR count). The second-order valence-corrected chi connectivity index (χ2v) is 6.66. The van der Waals surface area contributed by atoms with Gasteiger partial charge in [-0.15, -0.1) is 0 Å². The summed E-state index contributed by atoms with van der Waals surface area (Å²) >= 11 is 5.21. The predicted octanol–water partition coefficient (Wildman–Crippen LogP) is 4.62. The summed E-state index contributed by atoms with van der Waals surface area (Å²) in [6, 6.07) is 4.10. The molecule has 0 spiro atoms. The number of halogens is 8. The standard InChI is InChI=1S/C10H10F3NO4.C6H3ClFNO2.C3H5F3O/c1-5(10(11,12)13)18-7-4-3-6(9(15)16)14-8(7)17-2;7-5-3(8)1-2-4(9-5)6(10)11;1-2(7)3(4,5)6/h3-5H,1-2H3,(H,15,16);1-2H,(H,10,11);2,7H,1H3. The van der Waals surface area contributed by atoms with Crippen molar-refractivity contribution in [2.75, 3.05) is 7.11 Å². The van der Waals surface area contributed by atoms with E-state index in [1.165, 1.54) is 0 Å². The Labute approximate surface area is 203 Å². The van der Waals surface area contributed by atoms with Crippen LogP contribution < -0.4 is 9.47 Å². The number of carbonyl (C=O) groups is 2. The van der Waals surface area contributed by atoms with Gasteiger partial charge >= 0.3 is 24.3 Å². The zero-order chi connectivity index (χ0) is 28.4. The molecule has 3 N–H and O–H groups in total. The molecule has 202 valence electrons. The first-order valence-corrected chi connectivity index (χ1v) is 9.50. The fourth-order valence-corrected chi connectivity index (χ4v) is 1.73. The number of carboxylic acids is 2. The van der Waals surface area contributed by atoms with Gasteiger partial charge in [-0.2, -0.15) is 26.3 Å². The van der Waals surface area contributed by atoms with Gasteiger partial charge in [-0.1, -0.05) is 11.6 Å². The van der Waals surface area contributed by atoms with Crippen molar-refractivity contribution in [2.24, 2.45) is 0 Å². The molecule has 0 aliphatic rings. The molecule has 0 fully saturated rings. The van der Waals surface area contributed by atoms with Gasteiger partial charge in [0.1, 0.15) is 11.8 Å². The number of aliphatic hydroxyl groups excluding tert-OH is 1. The molecule has 36 heavy (non-hydrogen) atoms. The third kappa shape index (κ3) is 11.4. The number of ether oxygens (including phenoxy) is 2. The number of aliphatic hydroxyl groups is 1. The number of aromatic carboxylic acids is 2. The van der Waals surface area contributed by atoms with Crippen molar-refractivity contribution >= 4 is 23.5 Å². The second kappa shape index (κ2) is 13.6. The van der Waals surface area contributed by atoms with Crippen molar-refractivity contribution in [3.8, 4) is 11.6 Å². The molecule has 0 saturated heterocycles. The smallest absolute Gasteiger partial charge is 0.425 e. The van der Waals surface area contributed by atoms with Crippen LogP contribution in [-0.2, 0) is 0 Å². The van der Waals surface area contributed by atoms with Crippen LogP contribution in [0.2, 0.25) is 5.15 Å². The molecule has 2 aromatic rings. The van der Waals surface area contributed by atoms with Crippen molar-refractivity contribution in [2.45, 2.75) is 38.4 Å². The molecule has 2 aromatic heterocycles. The zero-order valence-electron chi connectivity index (χ0n) is 18.4. The lowest BCUT2D eigenvalue weighted by Crippen LogP contribution is -2.31. The summed E-state index contributed by atoms with van der Waals surface area (Å²) in [5, 5.41) is 24.4. The van der Waals surface area contributed by atoms with Crippen LogP contribution in [0.3, 0.4) is 0 Å². The number of carboxylic acid groups (broad SMARTS) is 2. The largest absolute Gasteiger partial charge is 0.478 e. The first-order chi connectivity index (χ1) is 16.3. The second-order valence-electron chi connectivity index (χ2n) is 6.30. The molecule has 2 unspecified atom stereocenters. The average molecular weight is 555 g/mol. The third-order valence-electron chi connectivity index (χ3n) is 3.50. The minimum Gasteiger partial charge on any atom is -0.478 e. The lowest BCUT2D eigenvalue weighted by molar-refractivity contribution is -0.197. The van der Waals surface area contributed by atoms with E-state index in [2.05, 4.69) is 19.4 Å². The Bertz CT molecular complexity index is 1030. The van der Waals surface area contributed by atoms with Gasteiger partial charge < -0.3 is 24.8 Å². The fraction of sp³-hybridized carbons (Fsp3) is 0.368. The number of nitrogens with zero attached hydrogens (tertiary/aromatic N) is 2. The highest BCUT2D eigenvalue weighted by molar-refractivity contribution is 6.29. The quantitative estimate of drug-likeness (QED) is 0.357. The zero-order valence-corrected chi connectivity index (χ0v) is 19.1. The van der Waals surface area contributed by atoms with Crippen LogP contribution in [0.4, 0.5) is 30.7 Å². The molecule has 2 atom stereocenters. The van der Waals surface area contributed by atoms with Crippen LogP contribution in [-0.4, -0.2) is 68.9 Å². The van der Waals surface area contributed by atoms with E-state index in [1.807, 2.05) is 0 Å². The minimum absolute atomic E-state index is 0.267. The summed E-state index contributed by atoms with van der Waals surface area (Å²) < 4.78 is 91.4. The van der Waals surface area contributed by atoms with Crippen LogP contribution in [0.5, 0.6) is 11.6 Å². The molecular weight excluding hydrogens is 537 g/mol. The van der Waals surface area contributed by atoms with Crippen LogP contribution >= 0.6 is 11.6 Å². The SMILES string of the molecule is CC(O)C(F)(F)F.COc1nc(C(=O)O)ccc1OC(C)C(F)(F)F.O=C(O)c1ccc(F)c(Cl)n1. The number of hydrogen-bond acceptors (Lipinski definition) is 7. The van der Waals surface area contributed by atoms with E-state index in [-0.39, 0.29) is 23.0 Å². The summed E-state index contributed by atoms with van der Waals surface area (Å²) in [7, 11) is 1.15. The Balaban J connectivity index is 0.000000576. The maximum Gasteiger partial charge on any atom is 0.425 e. The molecule has 0 amide bonds. The van der Waals surface area contributed by atoms with Gasteiger partial charge in [0.2, 0.25) is 0 Å². The molecule has 0 bridgehead atoms. The minimum atomic E-state index is -4.53. The van der Waals surface area contributed by atoms with Gasteiger partial charge in [0.15, 0.2) is 28.5 Å². The molecule has 17 heteroatoms. The van der Waals surface area contributed by atoms with Gasteiger partial charge in [0, 0.05) is 0 Å². The Morgan fingerprint density at radius 2 is 1.36 bits per heavy atom. The molecular formula is C19H18ClF7N2O7. The summed E-state index contributed by atoms with van der Waals surface area (Å²) in [4.78, 5) is 27.6. The first kappa shape index (κ1) is 32.6. The van der Waals surface area contributed by atoms with Crippen molar-refractivity contribution < 1.29 is 65.1 Å². The van der Waals surface area contributed by atoms with Crippen molar-refractivity contribution in [1.82, 2.24) is 9.97 Å². The van der Waals surface area contributed by atoms with Crippen LogP contribution in [0, 0.1) is 5.82 Å². The number of rotatable bonds is 5. The number of aromatic nitrogens is 2. The van der Waals surface area contributed by atoms with Crippen LogP contribution in [0.15, 0.2) is 24.3 Å². The summed E-state index contributed by atoms with van der Waals surface area (Å²) in [5.41, 5.74) is -0.615. The third-order valence-corrected chi connectivity index (χ3v) is 3.76. The van der Waals surface area contributed by atoms with E-state index in [4.69, 9.17) is 26.9 Å². The molecule has 0 saturated carbocycles. The lowest BCUT2D eigenvalue weighted by atomic mass is 10.3. The highest BCUT2D eigenvalue weighted by atomic mass is 35.5. The topological polar surface area (TPSA) is 139 Å². The van der Waals surface area contributed by atoms with Crippen LogP contribution in [0.1, 0.15) is 34.8 Å². The summed E-state index contributed by atoms with van der Waals surface area (Å²) in [5.74, 6) is -3.86. The summed E-state index contributed by atoms with van der Waals surface area (Å²) in [6.07, 6.45) is -13.2. The Hall–Kier alpha value is -3.40. The molecule has 0 aliphatic carbocycles. The van der Waals surface area contributed by atoms with Gasteiger partial charge in [-0.05, 0) is 38.1 Å². The van der Waals surface area contributed by atoms with E-state index in [0.717, 1.165) is 38.3 Å². The molecule has 0 aromatic carbocycles. The number of methoxy groups -OCH3 is 1. The van der Waals surface area contributed by atoms with E-state index < -0.39 is 47.5 Å². The molecule has 9 nitrogen and oxygen atoms in total. The fourth-order valence-electron chi connectivity index (χ4n) is 1.58. The average Bonchev–Trinajstić information content (AvgIpc) is 2.75. The molecule has 0 radical (unpaired) electrons. The normalized spacial score (nSPS) is 12.7. The number of hydrogen-bond donors (Lipinski definition) is 3. The Kier molecular flexibility index (Phi) is 12.3. The summed E-state index contributed by atoms with van der Waals surface area (Å²) in [6.45, 7) is 1.50. The number of pyridine rings is 2. The van der Waals surface area contributed by atoms with Gasteiger partial charge in [0.25, 0.3) is 5.88 Å². The monoisotopic (exact) mass is 554 g/mol.